The molecule has 0 spiro atoms. The highest BCUT2D eigenvalue weighted by molar-refractivity contribution is 4.62. The summed E-state index contributed by atoms with van der Waals surface area (Å²) in [6.07, 6.45) is 11.5. The second-order valence-corrected chi connectivity index (χ2v) is 7.26. The Kier molecular flexibility index (Phi) is 25.7. The Balaban J connectivity index is -0.000000826. The molecule has 0 aromatic carbocycles. The van der Waals surface area contributed by atoms with Crippen molar-refractivity contribution in [1.82, 2.24) is 0 Å². The molecule has 0 N–H and O–H groups in total. The lowest BCUT2D eigenvalue weighted by Crippen LogP contribution is -2.04. The van der Waals surface area contributed by atoms with Gasteiger partial charge in [0.1, 0.15) is 0 Å². The van der Waals surface area contributed by atoms with Gasteiger partial charge in [-0.05, 0) is 30.1 Å². The minimum absolute atomic E-state index is 0.875. The quantitative estimate of drug-likeness (QED) is 0.334. The van der Waals surface area contributed by atoms with Gasteiger partial charge in [-0.25, -0.2) is 0 Å². The lowest BCUT2D eigenvalue weighted by atomic mass is 9.88. The second kappa shape index (κ2) is 21.0. The molecule has 0 aromatic heterocycles. The van der Waals surface area contributed by atoms with Crippen molar-refractivity contribution >= 4 is 0 Å². The van der Waals surface area contributed by atoms with E-state index in [0.717, 1.165) is 23.7 Å². The van der Waals surface area contributed by atoms with E-state index in [1.807, 2.05) is 27.7 Å². The molecule has 0 aromatic rings. The van der Waals surface area contributed by atoms with Crippen LogP contribution >= 0.6 is 0 Å². The van der Waals surface area contributed by atoms with Crippen LogP contribution in [0, 0.1) is 23.7 Å². The molecule has 0 aliphatic rings. The van der Waals surface area contributed by atoms with Crippen molar-refractivity contribution in [2.24, 2.45) is 23.7 Å². The van der Waals surface area contributed by atoms with E-state index in [-0.39, 0.29) is 0 Å². The molecule has 0 nitrogen and oxygen atoms in total. The molecule has 0 rings (SSSR count). The number of hydrogen-bond donors (Lipinski definition) is 0. The zero-order valence-corrected chi connectivity index (χ0v) is 18.0. The maximum atomic E-state index is 2.44. The monoisotopic (exact) mass is 314 g/mol. The van der Waals surface area contributed by atoms with E-state index in [1.165, 1.54) is 51.4 Å². The van der Waals surface area contributed by atoms with E-state index < -0.39 is 0 Å². The van der Waals surface area contributed by atoms with E-state index in [1.54, 1.807) is 0 Å². The lowest BCUT2D eigenvalue weighted by Gasteiger charge is -2.18. The minimum atomic E-state index is 0.875. The first-order chi connectivity index (χ1) is 10.5. The molecule has 0 aliphatic heterocycles. The van der Waals surface area contributed by atoms with Gasteiger partial charge in [0.25, 0.3) is 0 Å². The molecular formula is C22H50. The van der Waals surface area contributed by atoms with E-state index in [0.29, 0.717) is 0 Å². The first-order valence-electron chi connectivity index (χ1n) is 10.5. The SMILES string of the molecule is CC.CC.CCC(CCCCC(C)CCC(C)C)CC(C)C. The predicted octanol–water partition coefficient (Wildman–Crippen LogP) is 8.74. The third-order valence-corrected chi connectivity index (χ3v) is 4.18. The van der Waals surface area contributed by atoms with Crippen LogP contribution in [0.15, 0.2) is 0 Å². The summed E-state index contributed by atoms with van der Waals surface area (Å²) < 4.78 is 0. The largest absolute Gasteiger partial charge is 0.0683 e. The van der Waals surface area contributed by atoms with Gasteiger partial charge in [-0.3, -0.25) is 0 Å². The summed E-state index contributed by atoms with van der Waals surface area (Å²) in [5.41, 5.74) is 0. The fourth-order valence-electron chi connectivity index (χ4n) is 2.84. The van der Waals surface area contributed by atoms with Gasteiger partial charge in [0.2, 0.25) is 0 Å². The molecule has 0 heteroatoms. The molecule has 22 heavy (non-hydrogen) atoms. The Hall–Kier alpha value is 0. The molecule has 2 unspecified atom stereocenters. The Bertz CT molecular complexity index is 169. The summed E-state index contributed by atoms with van der Waals surface area (Å²) in [4.78, 5) is 0. The van der Waals surface area contributed by atoms with Crippen LogP contribution in [0.2, 0.25) is 0 Å². The molecule has 0 saturated heterocycles. The van der Waals surface area contributed by atoms with Gasteiger partial charge >= 0.3 is 0 Å². The second-order valence-electron chi connectivity index (χ2n) is 7.26. The van der Waals surface area contributed by atoms with Gasteiger partial charge < -0.3 is 0 Å². The summed E-state index contributed by atoms with van der Waals surface area (Å²) in [7, 11) is 0. The first kappa shape index (κ1) is 26.9. The molecule has 0 bridgehead atoms. The van der Waals surface area contributed by atoms with Crippen molar-refractivity contribution < 1.29 is 0 Å². The molecular weight excluding hydrogens is 264 g/mol. The van der Waals surface area contributed by atoms with Crippen molar-refractivity contribution in [3.63, 3.8) is 0 Å². The Labute approximate surface area is 144 Å². The highest BCUT2D eigenvalue weighted by Gasteiger charge is 2.09. The summed E-state index contributed by atoms with van der Waals surface area (Å²) in [6.45, 7) is 22.2. The third-order valence-electron chi connectivity index (χ3n) is 4.18. The summed E-state index contributed by atoms with van der Waals surface area (Å²) >= 11 is 0. The van der Waals surface area contributed by atoms with Crippen LogP contribution in [0.5, 0.6) is 0 Å². The fraction of sp³-hybridized carbons (Fsp3) is 1.00. The number of unbranched alkanes of at least 4 members (excludes halogenated alkanes) is 1. The van der Waals surface area contributed by atoms with Crippen molar-refractivity contribution in [2.45, 2.75) is 121 Å². The van der Waals surface area contributed by atoms with Crippen molar-refractivity contribution in [3.05, 3.63) is 0 Å². The molecule has 0 aliphatic carbocycles. The average Bonchev–Trinajstić information content (AvgIpc) is 2.51. The van der Waals surface area contributed by atoms with Gasteiger partial charge in [-0.1, -0.05) is 114 Å². The highest BCUT2D eigenvalue weighted by atomic mass is 14.2. The van der Waals surface area contributed by atoms with E-state index in [4.69, 9.17) is 0 Å². The van der Waals surface area contributed by atoms with Crippen molar-refractivity contribution in [1.29, 1.82) is 0 Å². The molecule has 0 radical (unpaired) electrons. The zero-order chi connectivity index (χ0) is 18.0. The normalized spacial score (nSPS) is 13.1. The third kappa shape index (κ3) is 22.3. The molecule has 2 atom stereocenters. The molecule has 0 fully saturated rings. The van der Waals surface area contributed by atoms with Crippen molar-refractivity contribution in [3.8, 4) is 0 Å². The topological polar surface area (TPSA) is 0 Å². The molecule has 0 amide bonds. The van der Waals surface area contributed by atoms with Crippen LogP contribution in [0.4, 0.5) is 0 Å². The van der Waals surface area contributed by atoms with Crippen LogP contribution in [0.25, 0.3) is 0 Å². The summed E-state index contributed by atoms with van der Waals surface area (Å²) in [5.74, 6) is 3.68. The minimum Gasteiger partial charge on any atom is -0.0683 e. The number of hydrogen-bond acceptors (Lipinski definition) is 0. The zero-order valence-electron chi connectivity index (χ0n) is 18.0. The smallest absolute Gasteiger partial charge is 0.0414 e. The number of rotatable bonds is 11. The van der Waals surface area contributed by atoms with Crippen molar-refractivity contribution in [2.75, 3.05) is 0 Å². The fourth-order valence-corrected chi connectivity index (χ4v) is 2.84. The average molecular weight is 315 g/mol. The predicted molar refractivity (Wildman–Crippen MR) is 108 cm³/mol. The molecule has 138 valence electrons. The van der Waals surface area contributed by atoms with Gasteiger partial charge in [0.15, 0.2) is 0 Å². The Morgan fingerprint density at radius 2 is 1.09 bits per heavy atom. The first-order valence-corrected chi connectivity index (χ1v) is 10.5. The highest BCUT2D eigenvalue weighted by Crippen LogP contribution is 2.23. The van der Waals surface area contributed by atoms with Crippen LogP contribution < -0.4 is 0 Å². The van der Waals surface area contributed by atoms with Crippen LogP contribution in [-0.2, 0) is 0 Å². The van der Waals surface area contributed by atoms with Gasteiger partial charge in [-0.15, -0.1) is 0 Å². The Morgan fingerprint density at radius 1 is 0.591 bits per heavy atom. The van der Waals surface area contributed by atoms with E-state index in [9.17, 15) is 0 Å². The molecule has 0 heterocycles. The van der Waals surface area contributed by atoms with E-state index >= 15 is 0 Å². The molecule has 0 saturated carbocycles. The maximum absolute atomic E-state index is 2.44. The standard InChI is InChI=1S/C18H38.2C2H6/c1-7-18(14-16(4)5)11-9-8-10-17(6)13-12-15(2)3;2*1-2/h15-18H,7-14H2,1-6H3;2*1-2H3. The summed E-state index contributed by atoms with van der Waals surface area (Å²) in [5, 5.41) is 0. The van der Waals surface area contributed by atoms with E-state index in [2.05, 4.69) is 41.5 Å². The Morgan fingerprint density at radius 3 is 1.50 bits per heavy atom. The van der Waals surface area contributed by atoms with Gasteiger partial charge in [-0.2, -0.15) is 0 Å². The van der Waals surface area contributed by atoms with Gasteiger partial charge in [0.05, 0.1) is 0 Å². The van der Waals surface area contributed by atoms with Crippen LogP contribution in [0.1, 0.15) is 121 Å². The maximum Gasteiger partial charge on any atom is -0.0414 e. The van der Waals surface area contributed by atoms with Crippen LogP contribution in [0.3, 0.4) is 0 Å². The van der Waals surface area contributed by atoms with Crippen LogP contribution in [-0.4, -0.2) is 0 Å². The van der Waals surface area contributed by atoms with Gasteiger partial charge in [0, 0.05) is 0 Å². The summed E-state index contributed by atoms with van der Waals surface area (Å²) in [6, 6.07) is 0. The lowest BCUT2D eigenvalue weighted by molar-refractivity contribution is 0.350.